The quantitative estimate of drug-likeness (QED) is 0.582. The van der Waals surface area contributed by atoms with E-state index in [4.69, 9.17) is 14.2 Å². The number of carbonyl (C=O) groups is 2. The highest BCUT2D eigenvalue weighted by atomic mass is 16.5. The van der Waals surface area contributed by atoms with Gasteiger partial charge in [0.15, 0.2) is 12.4 Å². The van der Waals surface area contributed by atoms with Gasteiger partial charge in [0.05, 0.1) is 14.2 Å². The van der Waals surface area contributed by atoms with Crippen LogP contribution in [0.3, 0.4) is 0 Å². The molecule has 0 saturated heterocycles. The normalized spacial score (nSPS) is 10.1. The Kier molecular flexibility index (Phi) is 6.47. The highest BCUT2D eigenvalue weighted by molar-refractivity contribution is 6.04. The molecule has 0 bridgehead atoms. The maximum atomic E-state index is 12.3. The lowest BCUT2D eigenvalue weighted by Crippen LogP contribution is -2.12. The van der Waals surface area contributed by atoms with Gasteiger partial charge in [-0.3, -0.25) is 9.59 Å². The van der Waals surface area contributed by atoms with Crippen molar-refractivity contribution in [2.45, 2.75) is 0 Å². The number of benzene rings is 3. The molecule has 3 rings (SSSR count). The molecule has 148 valence electrons. The molecule has 0 aromatic heterocycles. The fourth-order valence-corrected chi connectivity index (χ4v) is 2.61. The lowest BCUT2D eigenvalue weighted by Gasteiger charge is -2.09. The molecule has 6 nitrogen and oxygen atoms in total. The summed E-state index contributed by atoms with van der Waals surface area (Å²) in [5.41, 5.74) is 1.66. The van der Waals surface area contributed by atoms with Crippen molar-refractivity contribution in [2.24, 2.45) is 0 Å². The average molecular weight is 391 g/mol. The first-order valence-electron chi connectivity index (χ1n) is 8.94. The van der Waals surface area contributed by atoms with Crippen LogP contribution in [0.15, 0.2) is 72.8 Å². The van der Waals surface area contributed by atoms with Crippen LogP contribution in [0, 0.1) is 0 Å². The Labute approximate surface area is 169 Å². The van der Waals surface area contributed by atoms with Crippen LogP contribution >= 0.6 is 0 Å². The van der Waals surface area contributed by atoms with Gasteiger partial charge in [-0.25, -0.2) is 0 Å². The van der Waals surface area contributed by atoms with Gasteiger partial charge in [-0.1, -0.05) is 6.07 Å². The van der Waals surface area contributed by atoms with Crippen LogP contribution in [-0.4, -0.2) is 32.5 Å². The van der Waals surface area contributed by atoms with E-state index in [0.717, 1.165) is 0 Å². The number of ether oxygens (including phenoxy) is 3. The Morgan fingerprint density at radius 1 is 0.759 bits per heavy atom. The van der Waals surface area contributed by atoms with Crippen molar-refractivity contribution < 1.29 is 23.8 Å². The van der Waals surface area contributed by atoms with E-state index in [1.54, 1.807) is 87.0 Å². The highest BCUT2D eigenvalue weighted by Crippen LogP contribution is 2.19. The molecule has 0 radical (unpaired) electrons. The van der Waals surface area contributed by atoms with Crippen molar-refractivity contribution >= 4 is 17.4 Å². The predicted molar refractivity (Wildman–Crippen MR) is 110 cm³/mol. The van der Waals surface area contributed by atoms with Crippen molar-refractivity contribution in [3.05, 3.63) is 83.9 Å². The fraction of sp³-hybridized carbons (Fsp3) is 0.130. The summed E-state index contributed by atoms with van der Waals surface area (Å²) in [5, 5.41) is 2.81. The summed E-state index contributed by atoms with van der Waals surface area (Å²) < 4.78 is 15.8. The van der Waals surface area contributed by atoms with Crippen molar-refractivity contribution in [2.75, 3.05) is 26.1 Å². The van der Waals surface area contributed by atoms with Gasteiger partial charge in [0.2, 0.25) is 0 Å². The molecular formula is C23H21NO5. The van der Waals surface area contributed by atoms with Crippen LogP contribution < -0.4 is 19.5 Å². The third kappa shape index (κ3) is 5.35. The number of Topliss-reactive ketones (excluding diaryl/α,β-unsaturated/α-hetero) is 1. The largest absolute Gasteiger partial charge is 0.497 e. The molecule has 6 heteroatoms. The Hall–Kier alpha value is -3.80. The van der Waals surface area contributed by atoms with E-state index in [9.17, 15) is 9.59 Å². The van der Waals surface area contributed by atoms with E-state index in [1.807, 2.05) is 0 Å². The second kappa shape index (κ2) is 9.41. The number of ketones is 1. The standard InChI is InChI=1S/C23H21NO5/c1-27-19-10-6-16(7-11-19)22(25)15-29-20-12-8-18(9-13-20)24-23(26)17-4-3-5-21(14-17)28-2/h3-14H,15H2,1-2H3,(H,24,26). The zero-order valence-electron chi connectivity index (χ0n) is 16.2. The van der Waals surface area contributed by atoms with Crippen LogP contribution in [0.5, 0.6) is 17.2 Å². The number of hydrogen-bond donors (Lipinski definition) is 1. The minimum Gasteiger partial charge on any atom is -0.497 e. The van der Waals surface area contributed by atoms with Crippen LogP contribution in [0.1, 0.15) is 20.7 Å². The molecule has 0 aliphatic heterocycles. The van der Waals surface area contributed by atoms with Crippen LogP contribution in [0.2, 0.25) is 0 Å². The summed E-state index contributed by atoms with van der Waals surface area (Å²) in [4.78, 5) is 24.5. The number of methoxy groups -OCH3 is 2. The number of hydrogen-bond acceptors (Lipinski definition) is 5. The minimum absolute atomic E-state index is 0.0815. The average Bonchev–Trinajstić information content (AvgIpc) is 2.78. The van der Waals surface area contributed by atoms with Crippen molar-refractivity contribution in [3.8, 4) is 17.2 Å². The molecule has 0 aliphatic rings. The highest BCUT2D eigenvalue weighted by Gasteiger charge is 2.09. The van der Waals surface area contributed by atoms with E-state index in [-0.39, 0.29) is 18.3 Å². The lowest BCUT2D eigenvalue weighted by atomic mass is 10.1. The second-order valence-electron chi connectivity index (χ2n) is 6.15. The Morgan fingerprint density at radius 2 is 1.41 bits per heavy atom. The van der Waals surface area contributed by atoms with E-state index >= 15 is 0 Å². The summed E-state index contributed by atoms with van der Waals surface area (Å²) in [6, 6.07) is 20.6. The molecule has 1 amide bonds. The first-order valence-corrected chi connectivity index (χ1v) is 8.94. The summed E-state index contributed by atoms with van der Waals surface area (Å²) >= 11 is 0. The lowest BCUT2D eigenvalue weighted by molar-refractivity contribution is 0.0921. The fourth-order valence-electron chi connectivity index (χ4n) is 2.61. The van der Waals surface area contributed by atoms with E-state index in [2.05, 4.69) is 5.32 Å². The monoisotopic (exact) mass is 391 g/mol. The Balaban J connectivity index is 1.55. The summed E-state index contributed by atoms with van der Waals surface area (Å²) in [5.74, 6) is 1.46. The molecule has 3 aromatic carbocycles. The van der Waals surface area contributed by atoms with Crippen LogP contribution in [0.25, 0.3) is 0 Å². The Bertz CT molecular complexity index is 981. The number of carbonyl (C=O) groups excluding carboxylic acids is 2. The molecule has 0 aliphatic carbocycles. The van der Waals surface area contributed by atoms with Crippen molar-refractivity contribution in [3.63, 3.8) is 0 Å². The molecule has 3 aromatic rings. The maximum Gasteiger partial charge on any atom is 0.255 e. The van der Waals surface area contributed by atoms with Gasteiger partial charge in [-0.2, -0.15) is 0 Å². The molecular weight excluding hydrogens is 370 g/mol. The van der Waals surface area contributed by atoms with Crippen molar-refractivity contribution in [1.82, 2.24) is 0 Å². The third-order valence-corrected chi connectivity index (χ3v) is 4.23. The van der Waals surface area contributed by atoms with Gasteiger partial charge < -0.3 is 19.5 Å². The van der Waals surface area contributed by atoms with Gasteiger partial charge in [0.1, 0.15) is 17.2 Å². The topological polar surface area (TPSA) is 73.9 Å². The van der Waals surface area contributed by atoms with Gasteiger partial charge in [0, 0.05) is 16.8 Å². The van der Waals surface area contributed by atoms with Gasteiger partial charge >= 0.3 is 0 Å². The van der Waals surface area contributed by atoms with Gasteiger partial charge in [-0.15, -0.1) is 0 Å². The molecule has 1 N–H and O–H groups in total. The molecule has 29 heavy (non-hydrogen) atoms. The predicted octanol–water partition coefficient (Wildman–Crippen LogP) is 4.22. The number of rotatable bonds is 8. The van der Waals surface area contributed by atoms with Crippen LogP contribution in [0.4, 0.5) is 5.69 Å². The second-order valence-corrected chi connectivity index (χ2v) is 6.15. The molecule has 0 atom stereocenters. The summed E-state index contributed by atoms with van der Waals surface area (Å²) in [7, 11) is 3.12. The van der Waals surface area contributed by atoms with E-state index in [0.29, 0.717) is 34.1 Å². The molecule has 0 heterocycles. The number of anilines is 1. The zero-order valence-corrected chi connectivity index (χ0v) is 16.2. The SMILES string of the molecule is COc1ccc(C(=O)COc2ccc(NC(=O)c3cccc(OC)c3)cc2)cc1. The third-order valence-electron chi connectivity index (χ3n) is 4.23. The van der Waals surface area contributed by atoms with Gasteiger partial charge in [-0.05, 0) is 66.7 Å². The molecule has 0 saturated carbocycles. The first kappa shape index (κ1) is 19.9. The zero-order chi connectivity index (χ0) is 20.6. The van der Waals surface area contributed by atoms with Crippen molar-refractivity contribution in [1.29, 1.82) is 0 Å². The van der Waals surface area contributed by atoms with Gasteiger partial charge in [0.25, 0.3) is 5.91 Å². The van der Waals surface area contributed by atoms with E-state index < -0.39 is 0 Å². The summed E-state index contributed by atoms with van der Waals surface area (Å²) in [6.45, 7) is -0.0815. The van der Waals surface area contributed by atoms with Crippen LogP contribution in [-0.2, 0) is 0 Å². The summed E-state index contributed by atoms with van der Waals surface area (Å²) in [6.07, 6.45) is 0. The maximum absolute atomic E-state index is 12.3. The molecule has 0 fully saturated rings. The molecule has 0 unspecified atom stereocenters. The number of amides is 1. The smallest absolute Gasteiger partial charge is 0.255 e. The molecule has 0 spiro atoms. The first-order chi connectivity index (χ1) is 14.1. The van der Waals surface area contributed by atoms with E-state index in [1.165, 1.54) is 0 Å². The Morgan fingerprint density at radius 3 is 2.07 bits per heavy atom. The number of nitrogens with one attached hydrogen (secondary N) is 1. The minimum atomic E-state index is -0.243.